The second-order valence-corrected chi connectivity index (χ2v) is 12.3. The smallest absolute Gasteiger partial charge is 0.127 e. The van der Waals surface area contributed by atoms with Crippen LogP contribution >= 0.6 is 0 Å². The largest absolute Gasteiger partial charge is 0.507 e. The average Bonchev–Trinajstić information content (AvgIpc) is 2.81. The van der Waals surface area contributed by atoms with Crippen molar-refractivity contribution in [1.29, 1.82) is 0 Å². The van der Waals surface area contributed by atoms with Crippen molar-refractivity contribution in [2.24, 2.45) is 9.98 Å². The first kappa shape index (κ1) is 28.0. The summed E-state index contributed by atoms with van der Waals surface area (Å²) in [6.07, 6.45) is 9.50. The van der Waals surface area contributed by atoms with Crippen molar-refractivity contribution in [1.82, 2.24) is 0 Å². The number of hydrogen-bond donors (Lipinski definition) is 2. The Kier molecular flexibility index (Phi) is 8.69. The maximum absolute atomic E-state index is 10.8. The molecule has 0 aromatic heterocycles. The van der Waals surface area contributed by atoms with Gasteiger partial charge in [0.25, 0.3) is 0 Å². The number of aryl methyl sites for hydroxylation is 2. The first-order chi connectivity index (χ1) is 16.8. The Morgan fingerprint density at radius 2 is 1.06 bits per heavy atom. The molecule has 1 fully saturated rings. The zero-order chi connectivity index (χ0) is 26.7. The Labute approximate surface area is 218 Å². The van der Waals surface area contributed by atoms with Crippen molar-refractivity contribution < 1.29 is 10.2 Å². The van der Waals surface area contributed by atoms with Crippen LogP contribution in [0, 0.1) is 0 Å². The Morgan fingerprint density at radius 3 is 1.36 bits per heavy atom. The minimum Gasteiger partial charge on any atom is -0.507 e. The lowest BCUT2D eigenvalue weighted by molar-refractivity contribution is 0.390. The van der Waals surface area contributed by atoms with Crippen molar-refractivity contribution in [2.75, 3.05) is 0 Å². The van der Waals surface area contributed by atoms with Crippen molar-refractivity contribution in [2.45, 2.75) is 117 Å². The fraction of sp³-hybridized carbons (Fsp3) is 0.562. The molecule has 0 saturated heterocycles. The fourth-order valence-corrected chi connectivity index (χ4v) is 4.83. The molecule has 36 heavy (non-hydrogen) atoms. The highest BCUT2D eigenvalue weighted by atomic mass is 16.3. The van der Waals surface area contributed by atoms with Crippen LogP contribution in [0.5, 0.6) is 11.5 Å². The topological polar surface area (TPSA) is 65.2 Å². The number of benzene rings is 2. The maximum Gasteiger partial charge on any atom is 0.127 e. The van der Waals surface area contributed by atoms with E-state index in [0.29, 0.717) is 11.5 Å². The van der Waals surface area contributed by atoms with Crippen LogP contribution in [0.1, 0.15) is 114 Å². The molecule has 2 unspecified atom stereocenters. The molecule has 1 saturated carbocycles. The molecule has 0 heterocycles. The molecule has 0 amide bonds. The highest BCUT2D eigenvalue weighted by Gasteiger charge is 2.24. The number of hydrogen-bond acceptors (Lipinski definition) is 4. The summed E-state index contributed by atoms with van der Waals surface area (Å²) in [5.41, 5.74) is 5.91. The lowest BCUT2D eigenvalue weighted by atomic mass is 9.84. The van der Waals surface area contributed by atoms with Gasteiger partial charge in [0.1, 0.15) is 11.5 Å². The molecule has 3 rings (SSSR count). The second kappa shape index (κ2) is 11.2. The Hall–Kier alpha value is -2.62. The lowest BCUT2D eigenvalue weighted by Gasteiger charge is -2.26. The number of nitrogens with zero attached hydrogens (tertiary/aromatic N) is 2. The van der Waals surface area contributed by atoms with Crippen LogP contribution in [-0.2, 0) is 23.7 Å². The van der Waals surface area contributed by atoms with Gasteiger partial charge in [-0.05, 0) is 70.9 Å². The maximum atomic E-state index is 10.8. The van der Waals surface area contributed by atoms with E-state index in [4.69, 9.17) is 9.98 Å². The lowest BCUT2D eigenvalue weighted by Crippen LogP contribution is -2.27. The Bertz CT molecular complexity index is 1030. The predicted octanol–water partition coefficient (Wildman–Crippen LogP) is 7.67. The van der Waals surface area contributed by atoms with Crippen molar-refractivity contribution in [3.05, 3.63) is 57.6 Å². The van der Waals surface area contributed by atoms with E-state index in [0.717, 1.165) is 60.8 Å². The molecule has 4 nitrogen and oxygen atoms in total. The summed E-state index contributed by atoms with van der Waals surface area (Å²) >= 11 is 0. The molecule has 4 heteroatoms. The molecular formula is C32H46N2O2. The molecule has 0 spiro atoms. The monoisotopic (exact) mass is 490 g/mol. The molecule has 1 aliphatic rings. The van der Waals surface area contributed by atoms with Crippen molar-refractivity contribution >= 4 is 12.4 Å². The first-order valence-electron chi connectivity index (χ1n) is 13.6. The number of aromatic hydroxyl groups is 2. The van der Waals surface area contributed by atoms with Crippen LogP contribution in [0.2, 0.25) is 0 Å². The summed E-state index contributed by atoms with van der Waals surface area (Å²) in [5, 5.41) is 21.7. The zero-order valence-electron chi connectivity index (χ0n) is 23.7. The molecule has 2 aromatic carbocycles. The van der Waals surface area contributed by atoms with E-state index in [1.165, 1.54) is 11.1 Å². The van der Waals surface area contributed by atoms with Crippen molar-refractivity contribution in [3.63, 3.8) is 0 Å². The third-order valence-corrected chi connectivity index (χ3v) is 7.43. The van der Waals surface area contributed by atoms with Gasteiger partial charge in [0, 0.05) is 23.6 Å². The molecule has 0 bridgehead atoms. The molecule has 0 aliphatic heterocycles. The van der Waals surface area contributed by atoms with E-state index in [9.17, 15) is 10.2 Å². The number of aliphatic imine (C=N–C) groups is 2. The van der Waals surface area contributed by atoms with E-state index in [1.54, 1.807) is 0 Å². The van der Waals surface area contributed by atoms with E-state index in [2.05, 4.69) is 79.7 Å². The third-order valence-electron chi connectivity index (χ3n) is 7.43. The van der Waals surface area contributed by atoms with Gasteiger partial charge in [-0.2, -0.15) is 0 Å². The van der Waals surface area contributed by atoms with Crippen LogP contribution in [-0.4, -0.2) is 34.7 Å². The first-order valence-corrected chi connectivity index (χ1v) is 13.6. The van der Waals surface area contributed by atoms with Gasteiger partial charge >= 0.3 is 0 Å². The minimum atomic E-state index is -0.00118. The molecule has 0 radical (unpaired) electrons. The van der Waals surface area contributed by atoms with Crippen molar-refractivity contribution in [3.8, 4) is 11.5 Å². The van der Waals surface area contributed by atoms with Gasteiger partial charge in [-0.3, -0.25) is 9.98 Å². The summed E-state index contributed by atoms with van der Waals surface area (Å²) in [6.45, 7) is 17.3. The molecule has 2 aromatic rings. The summed E-state index contributed by atoms with van der Waals surface area (Å²) in [6, 6.07) is 8.50. The second-order valence-electron chi connectivity index (χ2n) is 12.3. The highest BCUT2D eigenvalue weighted by molar-refractivity contribution is 5.86. The summed E-state index contributed by atoms with van der Waals surface area (Å²) in [4.78, 5) is 9.92. The van der Waals surface area contributed by atoms with Crippen LogP contribution in [0.4, 0.5) is 0 Å². The van der Waals surface area contributed by atoms with Gasteiger partial charge in [0.15, 0.2) is 0 Å². The Balaban J connectivity index is 1.91. The van der Waals surface area contributed by atoms with E-state index < -0.39 is 0 Å². The quantitative estimate of drug-likeness (QED) is 0.408. The van der Waals surface area contributed by atoms with Gasteiger partial charge < -0.3 is 10.2 Å². The predicted molar refractivity (Wildman–Crippen MR) is 154 cm³/mol. The summed E-state index contributed by atoms with van der Waals surface area (Å²) in [7, 11) is 0. The van der Waals surface area contributed by atoms with E-state index >= 15 is 0 Å². The van der Waals surface area contributed by atoms with Crippen LogP contribution in [0.25, 0.3) is 0 Å². The summed E-state index contributed by atoms with van der Waals surface area (Å²) < 4.78 is 0. The standard InChI is InChI=1S/C32H46N2O2/c1-9-21-15-25(31(3,4)5)17-23(29(21)35)19-33-27-13-11-12-14-28(27)34-20-24-18-26(32(6,7)8)16-22(10-2)30(24)36/h15-20,27-28,35-36H,9-14H2,1-8H3. The van der Waals surface area contributed by atoms with E-state index in [-0.39, 0.29) is 22.9 Å². The molecule has 1 aliphatic carbocycles. The molecule has 196 valence electrons. The minimum absolute atomic E-state index is 0.00118. The van der Waals surface area contributed by atoms with E-state index in [1.807, 2.05) is 12.4 Å². The third kappa shape index (κ3) is 6.57. The number of rotatable bonds is 6. The summed E-state index contributed by atoms with van der Waals surface area (Å²) in [5.74, 6) is 0.669. The van der Waals surface area contributed by atoms with Gasteiger partial charge in [0.05, 0.1) is 12.1 Å². The van der Waals surface area contributed by atoms with Gasteiger partial charge in [0.2, 0.25) is 0 Å². The van der Waals surface area contributed by atoms with Gasteiger partial charge in [-0.15, -0.1) is 0 Å². The molecular weight excluding hydrogens is 444 g/mol. The van der Waals surface area contributed by atoms with Gasteiger partial charge in [-0.25, -0.2) is 0 Å². The zero-order valence-corrected chi connectivity index (χ0v) is 23.7. The number of phenols is 2. The van der Waals surface area contributed by atoms with Gasteiger partial charge in [-0.1, -0.05) is 80.4 Å². The molecule has 2 N–H and O–H groups in total. The van der Waals surface area contributed by atoms with Crippen LogP contribution in [0.3, 0.4) is 0 Å². The van der Waals surface area contributed by atoms with Crippen LogP contribution in [0.15, 0.2) is 34.3 Å². The van der Waals surface area contributed by atoms with Crippen LogP contribution < -0.4 is 0 Å². The Morgan fingerprint density at radius 1 is 0.694 bits per heavy atom. The number of phenolic OH excluding ortho intramolecular Hbond substituents is 2. The fourth-order valence-electron chi connectivity index (χ4n) is 4.83. The highest BCUT2D eigenvalue weighted by Crippen LogP contribution is 2.33. The normalized spacial score (nSPS) is 19.4. The molecule has 2 atom stereocenters. The average molecular weight is 491 g/mol. The SMILES string of the molecule is CCc1cc(C(C)(C)C)cc(C=NC2CCCCC2N=Cc2cc(C(C)(C)C)cc(CC)c2O)c1O.